The van der Waals surface area contributed by atoms with Crippen LogP contribution < -0.4 is 4.72 Å². The predicted molar refractivity (Wildman–Crippen MR) is 86.7 cm³/mol. The Hall–Kier alpha value is -1.92. The van der Waals surface area contributed by atoms with E-state index in [-0.39, 0.29) is 4.90 Å². The molecule has 3 rings (SSSR count). The van der Waals surface area contributed by atoms with Gasteiger partial charge >= 0.3 is 0 Å². The number of fused-ring (bicyclic) bond motifs is 1. The fourth-order valence-corrected chi connectivity index (χ4v) is 3.72. The lowest BCUT2D eigenvalue weighted by atomic mass is 10.1. The molecule has 0 spiro atoms. The predicted octanol–water partition coefficient (Wildman–Crippen LogP) is 3.80. The average molecular weight is 363 g/mol. The van der Waals surface area contributed by atoms with E-state index in [4.69, 9.17) is 0 Å². The van der Waals surface area contributed by atoms with Crippen molar-refractivity contribution in [2.75, 3.05) is 4.72 Å². The van der Waals surface area contributed by atoms with Crippen LogP contribution in [-0.2, 0) is 10.0 Å². The lowest BCUT2D eigenvalue weighted by Crippen LogP contribution is -2.13. The molecule has 6 heteroatoms. The Morgan fingerprint density at radius 1 is 1.05 bits per heavy atom. The maximum atomic E-state index is 12.4. The van der Waals surface area contributed by atoms with Gasteiger partial charge in [0.05, 0.1) is 10.6 Å². The lowest BCUT2D eigenvalue weighted by molar-refractivity contribution is 0.601. The van der Waals surface area contributed by atoms with Crippen LogP contribution in [0.25, 0.3) is 10.8 Å². The minimum absolute atomic E-state index is 0.206. The second kappa shape index (κ2) is 5.46. The fraction of sp³-hybridized carbons (Fsp3) is 0. The summed E-state index contributed by atoms with van der Waals surface area (Å²) in [6.45, 7) is 0. The number of halogens is 1. The number of hydrogen-bond donors (Lipinski definition) is 1. The molecule has 0 aliphatic heterocycles. The zero-order valence-electron chi connectivity index (χ0n) is 10.8. The number of rotatable bonds is 3. The highest BCUT2D eigenvalue weighted by atomic mass is 79.9. The highest BCUT2D eigenvalue weighted by Gasteiger charge is 2.15. The van der Waals surface area contributed by atoms with Crippen LogP contribution in [-0.4, -0.2) is 13.4 Å². The first-order chi connectivity index (χ1) is 10.1. The van der Waals surface area contributed by atoms with Crippen LogP contribution in [0.4, 0.5) is 5.69 Å². The van der Waals surface area contributed by atoms with Gasteiger partial charge in [0.2, 0.25) is 0 Å². The van der Waals surface area contributed by atoms with E-state index in [1.807, 2.05) is 12.1 Å². The molecule has 2 aromatic carbocycles. The summed E-state index contributed by atoms with van der Waals surface area (Å²) in [5.41, 5.74) is 0.514. The molecule has 4 nitrogen and oxygen atoms in total. The van der Waals surface area contributed by atoms with Gasteiger partial charge in [0.1, 0.15) is 0 Å². The molecule has 0 aliphatic rings. The SMILES string of the molecule is O=S(=O)(Nc1cccc2ccncc12)c1cccc(Br)c1. The smallest absolute Gasteiger partial charge is 0.261 e. The molecule has 0 saturated carbocycles. The van der Waals surface area contributed by atoms with Gasteiger partial charge in [-0.3, -0.25) is 9.71 Å². The summed E-state index contributed by atoms with van der Waals surface area (Å²) in [4.78, 5) is 4.25. The third-order valence-corrected chi connectivity index (χ3v) is 4.89. The molecule has 0 atom stereocenters. The van der Waals surface area contributed by atoms with Gasteiger partial charge in [-0.05, 0) is 35.7 Å². The monoisotopic (exact) mass is 362 g/mol. The third kappa shape index (κ3) is 2.91. The van der Waals surface area contributed by atoms with Gasteiger partial charge in [-0.15, -0.1) is 0 Å². The normalized spacial score (nSPS) is 11.5. The first kappa shape index (κ1) is 14.0. The van der Waals surface area contributed by atoms with Crippen LogP contribution in [0.3, 0.4) is 0 Å². The Kier molecular flexibility index (Phi) is 3.65. The summed E-state index contributed by atoms with van der Waals surface area (Å²) in [5, 5.41) is 1.69. The van der Waals surface area contributed by atoms with E-state index in [1.54, 1.807) is 48.8 Å². The molecular weight excluding hydrogens is 352 g/mol. The first-order valence-corrected chi connectivity index (χ1v) is 8.45. The van der Waals surface area contributed by atoms with Crippen molar-refractivity contribution >= 4 is 42.4 Å². The van der Waals surface area contributed by atoms with Gasteiger partial charge in [0, 0.05) is 22.3 Å². The summed E-state index contributed by atoms with van der Waals surface area (Å²) in [5.74, 6) is 0. The number of nitrogens with one attached hydrogen (secondary N) is 1. The van der Waals surface area contributed by atoms with Gasteiger partial charge in [0.15, 0.2) is 0 Å². The van der Waals surface area contributed by atoms with E-state index in [9.17, 15) is 8.42 Å². The molecule has 0 radical (unpaired) electrons. The van der Waals surface area contributed by atoms with Crippen molar-refractivity contribution in [3.8, 4) is 0 Å². The van der Waals surface area contributed by atoms with Crippen molar-refractivity contribution in [1.29, 1.82) is 0 Å². The van der Waals surface area contributed by atoms with Crippen molar-refractivity contribution in [2.24, 2.45) is 0 Å². The number of benzene rings is 2. The molecule has 0 fully saturated rings. The standard InChI is InChI=1S/C15H11BrN2O2S/c16-12-4-2-5-13(9-12)21(19,20)18-15-6-1-3-11-7-8-17-10-14(11)15/h1-10,18H. The number of pyridine rings is 1. The summed E-state index contributed by atoms with van der Waals surface area (Å²) in [6, 6.07) is 13.9. The molecule has 1 heterocycles. The Morgan fingerprint density at radius 3 is 2.67 bits per heavy atom. The van der Waals surface area contributed by atoms with E-state index in [0.29, 0.717) is 10.2 Å². The quantitative estimate of drug-likeness (QED) is 0.770. The van der Waals surface area contributed by atoms with Crippen molar-refractivity contribution in [1.82, 2.24) is 4.98 Å². The van der Waals surface area contributed by atoms with Gasteiger partial charge in [-0.1, -0.05) is 34.1 Å². The molecule has 3 aromatic rings. The second-order valence-corrected chi connectivity index (χ2v) is 7.06. The van der Waals surface area contributed by atoms with E-state index in [1.165, 1.54) is 0 Å². The van der Waals surface area contributed by atoms with E-state index < -0.39 is 10.0 Å². The van der Waals surface area contributed by atoms with Crippen molar-refractivity contribution < 1.29 is 8.42 Å². The minimum atomic E-state index is -3.64. The highest BCUT2D eigenvalue weighted by Crippen LogP contribution is 2.25. The summed E-state index contributed by atoms with van der Waals surface area (Å²) in [6.07, 6.45) is 3.32. The van der Waals surface area contributed by atoms with Crippen molar-refractivity contribution in [3.05, 3.63) is 65.4 Å². The summed E-state index contributed by atoms with van der Waals surface area (Å²) in [7, 11) is -3.64. The Labute approximate surface area is 131 Å². The molecule has 0 unspecified atom stereocenters. The van der Waals surface area contributed by atoms with Gasteiger partial charge < -0.3 is 0 Å². The van der Waals surface area contributed by atoms with Gasteiger partial charge in [-0.2, -0.15) is 0 Å². The Morgan fingerprint density at radius 2 is 1.86 bits per heavy atom. The van der Waals surface area contributed by atoms with Crippen LogP contribution in [0.1, 0.15) is 0 Å². The van der Waals surface area contributed by atoms with Crippen molar-refractivity contribution in [2.45, 2.75) is 4.90 Å². The zero-order valence-corrected chi connectivity index (χ0v) is 13.2. The summed E-state index contributed by atoms with van der Waals surface area (Å²) >= 11 is 3.28. The van der Waals surface area contributed by atoms with Crippen LogP contribution in [0.5, 0.6) is 0 Å². The summed E-state index contributed by atoms with van der Waals surface area (Å²) < 4.78 is 28.2. The van der Waals surface area contributed by atoms with Crippen LogP contribution in [0.2, 0.25) is 0 Å². The number of anilines is 1. The van der Waals surface area contributed by atoms with Crippen molar-refractivity contribution in [3.63, 3.8) is 0 Å². The van der Waals surface area contributed by atoms with Crippen LogP contribution >= 0.6 is 15.9 Å². The topological polar surface area (TPSA) is 59.1 Å². The number of sulfonamides is 1. The molecule has 1 N–H and O–H groups in total. The molecule has 1 aromatic heterocycles. The van der Waals surface area contributed by atoms with Crippen LogP contribution in [0, 0.1) is 0 Å². The largest absolute Gasteiger partial charge is 0.279 e. The Bertz CT molecular complexity index is 905. The van der Waals surface area contributed by atoms with Gasteiger partial charge in [-0.25, -0.2) is 8.42 Å². The number of nitrogens with zero attached hydrogens (tertiary/aromatic N) is 1. The molecule has 106 valence electrons. The van der Waals surface area contributed by atoms with E-state index in [2.05, 4.69) is 25.6 Å². The number of hydrogen-bond acceptors (Lipinski definition) is 3. The number of aromatic nitrogens is 1. The molecule has 0 aliphatic carbocycles. The molecular formula is C15H11BrN2O2S. The average Bonchev–Trinajstić information content (AvgIpc) is 2.47. The molecule has 21 heavy (non-hydrogen) atoms. The van der Waals surface area contributed by atoms with E-state index >= 15 is 0 Å². The zero-order chi connectivity index (χ0) is 14.9. The molecule has 0 bridgehead atoms. The Balaban J connectivity index is 2.06. The minimum Gasteiger partial charge on any atom is -0.279 e. The molecule has 0 saturated heterocycles. The maximum Gasteiger partial charge on any atom is 0.261 e. The van der Waals surface area contributed by atoms with Gasteiger partial charge in [0.25, 0.3) is 10.0 Å². The maximum absolute atomic E-state index is 12.4. The lowest BCUT2D eigenvalue weighted by Gasteiger charge is -2.10. The molecule has 0 amide bonds. The van der Waals surface area contributed by atoms with E-state index in [0.717, 1.165) is 10.8 Å². The highest BCUT2D eigenvalue weighted by molar-refractivity contribution is 9.10. The first-order valence-electron chi connectivity index (χ1n) is 6.17. The fourth-order valence-electron chi connectivity index (χ4n) is 2.04. The second-order valence-electron chi connectivity index (χ2n) is 4.47. The third-order valence-electron chi connectivity index (χ3n) is 3.03. The van der Waals surface area contributed by atoms with Crippen LogP contribution in [0.15, 0.2) is 70.3 Å².